The monoisotopic (exact) mass is 288 g/mol. The van der Waals surface area contributed by atoms with Gasteiger partial charge in [-0.15, -0.1) is 0 Å². The lowest BCUT2D eigenvalue weighted by molar-refractivity contribution is -0.120. The number of amides is 2. The molecule has 0 fully saturated rings. The van der Waals surface area contributed by atoms with E-state index in [0.29, 0.717) is 18.9 Å². The van der Waals surface area contributed by atoms with E-state index in [2.05, 4.69) is 24.5 Å². The normalized spacial score (nSPS) is 15.8. The van der Waals surface area contributed by atoms with Gasteiger partial charge in [0.15, 0.2) is 0 Å². The number of anilines is 1. The predicted octanol–water partition coefficient (Wildman–Crippen LogP) is 2.62. The molecule has 0 atom stereocenters. The Morgan fingerprint density at radius 1 is 1.33 bits per heavy atom. The molecule has 2 amide bonds. The summed E-state index contributed by atoms with van der Waals surface area (Å²) >= 11 is 0. The Morgan fingerprint density at radius 2 is 2.05 bits per heavy atom. The van der Waals surface area contributed by atoms with Crippen LogP contribution >= 0.6 is 0 Å². The molecule has 0 aliphatic carbocycles. The van der Waals surface area contributed by atoms with Crippen molar-refractivity contribution in [3.63, 3.8) is 0 Å². The van der Waals surface area contributed by atoms with E-state index < -0.39 is 5.41 Å². The van der Waals surface area contributed by atoms with Gasteiger partial charge in [-0.3, -0.25) is 9.59 Å². The Morgan fingerprint density at radius 3 is 2.71 bits per heavy atom. The van der Waals surface area contributed by atoms with Gasteiger partial charge in [0.05, 0.1) is 11.8 Å². The summed E-state index contributed by atoms with van der Waals surface area (Å²) in [5, 5.41) is 5.81. The maximum Gasteiger partial charge on any atom is 0.234 e. The molecular formula is C17H24N2O2. The van der Waals surface area contributed by atoms with Crippen molar-refractivity contribution in [2.24, 2.45) is 5.92 Å². The van der Waals surface area contributed by atoms with E-state index in [4.69, 9.17) is 0 Å². The highest BCUT2D eigenvalue weighted by Gasteiger charge is 2.38. The van der Waals surface area contributed by atoms with Crippen molar-refractivity contribution in [1.82, 2.24) is 5.32 Å². The van der Waals surface area contributed by atoms with Crippen LogP contribution in [0.15, 0.2) is 18.2 Å². The molecule has 0 saturated carbocycles. The van der Waals surface area contributed by atoms with E-state index >= 15 is 0 Å². The van der Waals surface area contributed by atoms with Crippen LogP contribution in [0.5, 0.6) is 0 Å². The molecule has 0 saturated heterocycles. The fourth-order valence-electron chi connectivity index (χ4n) is 2.48. The molecule has 0 bridgehead atoms. The number of rotatable bonds is 5. The highest BCUT2D eigenvalue weighted by Crippen LogP contribution is 2.37. The first-order chi connectivity index (χ1) is 9.80. The zero-order valence-corrected chi connectivity index (χ0v) is 13.2. The molecule has 1 aliphatic heterocycles. The molecule has 1 heterocycles. The van der Waals surface area contributed by atoms with Gasteiger partial charge in [-0.25, -0.2) is 0 Å². The second kappa shape index (κ2) is 5.88. The first kappa shape index (κ1) is 15.5. The predicted molar refractivity (Wildman–Crippen MR) is 84.3 cm³/mol. The Kier molecular flexibility index (Phi) is 4.35. The van der Waals surface area contributed by atoms with E-state index in [1.54, 1.807) is 0 Å². The summed E-state index contributed by atoms with van der Waals surface area (Å²) in [6.45, 7) is 8.80. The summed E-state index contributed by atoms with van der Waals surface area (Å²) in [6, 6.07) is 5.76. The Hall–Kier alpha value is -1.84. The van der Waals surface area contributed by atoms with E-state index in [0.717, 1.165) is 23.2 Å². The molecular weight excluding hydrogens is 264 g/mol. The lowest BCUT2D eigenvalue weighted by Gasteiger charge is -2.15. The zero-order valence-electron chi connectivity index (χ0n) is 13.2. The van der Waals surface area contributed by atoms with Crippen LogP contribution in [-0.2, 0) is 21.4 Å². The first-order valence-electron chi connectivity index (χ1n) is 7.52. The van der Waals surface area contributed by atoms with Crippen LogP contribution < -0.4 is 10.6 Å². The Bertz CT molecular complexity index is 562. The van der Waals surface area contributed by atoms with E-state index in [1.807, 2.05) is 32.0 Å². The summed E-state index contributed by atoms with van der Waals surface area (Å²) in [5.41, 5.74) is 2.24. The highest BCUT2D eigenvalue weighted by atomic mass is 16.2. The van der Waals surface area contributed by atoms with Gasteiger partial charge in [-0.1, -0.05) is 26.0 Å². The van der Waals surface area contributed by atoms with Crippen LogP contribution in [0.2, 0.25) is 0 Å². The van der Waals surface area contributed by atoms with Gasteiger partial charge in [-0.2, -0.15) is 0 Å². The number of hydrogen-bond donors (Lipinski definition) is 2. The standard InChI is InChI=1S/C17H24N2O2/c1-11(2)7-8-18-15(20)10-12-5-6-14-13(9-12)17(3,4)16(21)19-14/h5-6,9,11H,7-8,10H2,1-4H3,(H,18,20)(H,19,21). The van der Waals surface area contributed by atoms with Crippen LogP contribution in [-0.4, -0.2) is 18.4 Å². The van der Waals surface area contributed by atoms with Crippen LogP contribution in [0.3, 0.4) is 0 Å². The molecule has 2 N–H and O–H groups in total. The minimum absolute atomic E-state index is 0.0102. The maximum atomic E-state index is 11.9. The van der Waals surface area contributed by atoms with Gasteiger partial charge < -0.3 is 10.6 Å². The third-order valence-electron chi connectivity index (χ3n) is 3.98. The third-order valence-corrected chi connectivity index (χ3v) is 3.98. The fraction of sp³-hybridized carbons (Fsp3) is 0.529. The van der Waals surface area contributed by atoms with Crippen molar-refractivity contribution in [1.29, 1.82) is 0 Å². The van der Waals surface area contributed by atoms with Crippen molar-refractivity contribution in [3.8, 4) is 0 Å². The minimum Gasteiger partial charge on any atom is -0.356 e. The van der Waals surface area contributed by atoms with Crippen LogP contribution in [0.25, 0.3) is 0 Å². The lowest BCUT2D eigenvalue weighted by Crippen LogP contribution is -2.28. The molecule has 0 unspecified atom stereocenters. The fourth-order valence-corrected chi connectivity index (χ4v) is 2.48. The quantitative estimate of drug-likeness (QED) is 0.875. The summed E-state index contributed by atoms with van der Waals surface area (Å²) in [6.07, 6.45) is 1.34. The molecule has 2 rings (SSSR count). The number of carbonyl (C=O) groups is 2. The van der Waals surface area contributed by atoms with E-state index in [-0.39, 0.29) is 11.8 Å². The molecule has 0 aromatic heterocycles. The molecule has 0 spiro atoms. The van der Waals surface area contributed by atoms with Crippen LogP contribution in [0, 0.1) is 5.92 Å². The molecule has 1 aromatic carbocycles. The molecule has 4 heteroatoms. The molecule has 0 radical (unpaired) electrons. The zero-order chi connectivity index (χ0) is 15.6. The summed E-state index contributed by atoms with van der Waals surface area (Å²) < 4.78 is 0. The number of nitrogens with one attached hydrogen (secondary N) is 2. The molecule has 114 valence electrons. The second-order valence-electron chi connectivity index (χ2n) is 6.67. The third kappa shape index (κ3) is 3.43. The Labute approximate surface area is 126 Å². The van der Waals surface area contributed by atoms with E-state index in [9.17, 15) is 9.59 Å². The largest absolute Gasteiger partial charge is 0.356 e. The lowest BCUT2D eigenvalue weighted by atomic mass is 9.85. The van der Waals surface area contributed by atoms with Crippen LogP contribution in [0.1, 0.15) is 45.2 Å². The van der Waals surface area contributed by atoms with Gasteiger partial charge in [0.25, 0.3) is 0 Å². The highest BCUT2D eigenvalue weighted by molar-refractivity contribution is 6.05. The van der Waals surface area contributed by atoms with Crippen molar-refractivity contribution >= 4 is 17.5 Å². The first-order valence-corrected chi connectivity index (χ1v) is 7.52. The van der Waals surface area contributed by atoms with Gasteiger partial charge in [0.2, 0.25) is 11.8 Å². The summed E-state index contributed by atoms with van der Waals surface area (Å²) in [5.74, 6) is 0.630. The SMILES string of the molecule is CC(C)CCNC(=O)Cc1ccc2c(c1)C(C)(C)C(=O)N2. The second-order valence-corrected chi connectivity index (χ2v) is 6.67. The molecule has 1 aliphatic rings. The van der Waals surface area contributed by atoms with Crippen molar-refractivity contribution in [3.05, 3.63) is 29.3 Å². The molecule has 4 nitrogen and oxygen atoms in total. The van der Waals surface area contributed by atoms with Gasteiger partial charge >= 0.3 is 0 Å². The number of carbonyl (C=O) groups excluding carboxylic acids is 2. The van der Waals surface area contributed by atoms with E-state index in [1.165, 1.54) is 0 Å². The van der Waals surface area contributed by atoms with Crippen LogP contribution in [0.4, 0.5) is 5.69 Å². The van der Waals surface area contributed by atoms with Gasteiger partial charge in [-0.05, 0) is 43.4 Å². The minimum atomic E-state index is -0.528. The number of benzene rings is 1. The summed E-state index contributed by atoms with van der Waals surface area (Å²) in [4.78, 5) is 23.8. The molecule has 21 heavy (non-hydrogen) atoms. The van der Waals surface area contributed by atoms with Crippen molar-refractivity contribution in [2.75, 3.05) is 11.9 Å². The number of hydrogen-bond acceptors (Lipinski definition) is 2. The summed E-state index contributed by atoms with van der Waals surface area (Å²) in [7, 11) is 0. The van der Waals surface area contributed by atoms with Gasteiger partial charge in [0.1, 0.15) is 0 Å². The average molecular weight is 288 g/mol. The van der Waals surface area contributed by atoms with Crippen molar-refractivity contribution < 1.29 is 9.59 Å². The topological polar surface area (TPSA) is 58.2 Å². The Balaban J connectivity index is 2.02. The maximum absolute atomic E-state index is 11.9. The molecule has 1 aromatic rings. The van der Waals surface area contributed by atoms with Gasteiger partial charge in [0, 0.05) is 12.2 Å². The van der Waals surface area contributed by atoms with Crippen molar-refractivity contribution in [2.45, 2.75) is 46.0 Å². The smallest absolute Gasteiger partial charge is 0.234 e. The average Bonchev–Trinajstić information content (AvgIpc) is 2.60. The number of fused-ring (bicyclic) bond motifs is 1.